The summed E-state index contributed by atoms with van der Waals surface area (Å²) in [5, 5.41) is 13.5. The van der Waals surface area contributed by atoms with Gasteiger partial charge in [-0.1, -0.05) is 11.6 Å². The van der Waals surface area contributed by atoms with Crippen molar-refractivity contribution in [2.75, 3.05) is 11.5 Å². The molecule has 4 aromatic rings. The number of hydrogen-bond acceptors (Lipinski definition) is 6. The molecule has 7 nitrogen and oxygen atoms in total. The Kier molecular flexibility index (Phi) is 5.40. The Morgan fingerprint density at radius 2 is 1.73 bits per heavy atom. The predicted molar refractivity (Wildman–Crippen MR) is 115 cm³/mol. The zero-order chi connectivity index (χ0) is 21.1. The zero-order valence-corrected chi connectivity index (χ0v) is 16.5. The third kappa shape index (κ3) is 4.44. The van der Waals surface area contributed by atoms with Crippen LogP contribution in [0.5, 0.6) is 0 Å². The standard InChI is InChI=1S/C21H17ClFN7/c22-15-1-5-17(6-2-15)28-29-20-14(10-19(24)27-21(20)25)9-13-11-26-30(12-13)18-7-3-16(23)4-8-18/h1-8,10-12H,9H2,(H4,24,25,27). The minimum absolute atomic E-state index is 0.189. The lowest BCUT2D eigenvalue weighted by Gasteiger charge is -2.08. The van der Waals surface area contributed by atoms with Gasteiger partial charge >= 0.3 is 0 Å². The highest BCUT2D eigenvalue weighted by molar-refractivity contribution is 6.30. The van der Waals surface area contributed by atoms with E-state index in [9.17, 15) is 4.39 Å². The number of nitrogens with two attached hydrogens (primary N) is 2. The number of azo groups is 1. The summed E-state index contributed by atoms with van der Waals surface area (Å²) in [7, 11) is 0. The van der Waals surface area contributed by atoms with Crippen LogP contribution in [0.2, 0.25) is 5.02 Å². The molecule has 0 amide bonds. The Balaban J connectivity index is 1.62. The van der Waals surface area contributed by atoms with E-state index >= 15 is 0 Å². The van der Waals surface area contributed by atoms with E-state index in [-0.39, 0.29) is 11.6 Å². The van der Waals surface area contributed by atoms with Gasteiger partial charge in [-0.15, -0.1) is 5.11 Å². The molecule has 2 aromatic carbocycles. The van der Waals surface area contributed by atoms with Crippen molar-refractivity contribution in [1.82, 2.24) is 14.8 Å². The molecule has 0 aliphatic carbocycles. The fraction of sp³-hybridized carbons (Fsp3) is 0.0476. The monoisotopic (exact) mass is 421 g/mol. The summed E-state index contributed by atoms with van der Waals surface area (Å²) in [6, 6.07) is 14.7. The van der Waals surface area contributed by atoms with Crippen molar-refractivity contribution in [3.05, 3.63) is 89.0 Å². The second-order valence-corrected chi connectivity index (χ2v) is 7.00. The van der Waals surface area contributed by atoms with Crippen LogP contribution in [0.15, 0.2) is 77.2 Å². The van der Waals surface area contributed by atoms with Gasteiger partial charge in [-0.05, 0) is 65.7 Å². The molecule has 2 heterocycles. The number of nitrogens with zero attached hydrogens (tertiary/aromatic N) is 5. The molecular formula is C21H17ClFN7. The second kappa shape index (κ2) is 8.30. The topological polar surface area (TPSA) is 107 Å². The first-order chi connectivity index (χ1) is 14.5. The molecule has 0 aliphatic heterocycles. The van der Waals surface area contributed by atoms with Crippen molar-refractivity contribution in [2.45, 2.75) is 6.42 Å². The molecular weight excluding hydrogens is 405 g/mol. The van der Waals surface area contributed by atoms with E-state index in [1.807, 2.05) is 6.20 Å². The molecule has 0 spiro atoms. The molecule has 0 radical (unpaired) electrons. The highest BCUT2D eigenvalue weighted by Crippen LogP contribution is 2.31. The Morgan fingerprint density at radius 1 is 1.00 bits per heavy atom. The SMILES string of the molecule is Nc1cc(Cc2cnn(-c3ccc(F)cc3)c2)c(N=Nc2ccc(Cl)cc2)c(N)n1. The minimum Gasteiger partial charge on any atom is -0.384 e. The first kappa shape index (κ1) is 19.5. The fourth-order valence-corrected chi connectivity index (χ4v) is 3.03. The third-order valence-electron chi connectivity index (χ3n) is 4.33. The van der Waals surface area contributed by atoms with Crippen molar-refractivity contribution < 1.29 is 4.39 Å². The van der Waals surface area contributed by atoms with Gasteiger partial charge in [0.15, 0.2) is 5.82 Å². The van der Waals surface area contributed by atoms with E-state index in [2.05, 4.69) is 20.3 Å². The number of aromatic nitrogens is 3. The molecule has 150 valence electrons. The number of nitrogen functional groups attached to an aromatic ring is 2. The van der Waals surface area contributed by atoms with E-state index in [1.165, 1.54) is 12.1 Å². The molecule has 0 saturated heterocycles. The molecule has 2 aromatic heterocycles. The van der Waals surface area contributed by atoms with Crippen molar-refractivity contribution in [1.29, 1.82) is 0 Å². The van der Waals surface area contributed by atoms with Crippen LogP contribution >= 0.6 is 11.6 Å². The first-order valence-electron chi connectivity index (χ1n) is 8.99. The van der Waals surface area contributed by atoms with Crippen LogP contribution in [0.1, 0.15) is 11.1 Å². The summed E-state index contributed by atoms with van der Waals surface area (Å²) < 4.78 is 14.8. The molecule has 9 heteroatoms. The van der Waals surface area contributed by atoms with E-state index in [4.69, 9.17) is 23.1 Å². The normalized spacial score (nSPS) is 11.3. The van der Waals surface area contributed by atoms with Gasteiger partial charge in [-0.25, -0.2) is 14.1 Å². The van der Waals surface area contributed by atoms with Gasteiger partial charge in [0.05, 0.1) is 17.6 Å². The Hall–Kier alpha value is -3.78. The highest BCUT2D eigenvalue weighted by atomic mass is 35.5. The van der Waals surface area contributed by atoms with E-state index in [1.54, 1.807) is 53.3 Å². The maximum atomic E-state index is 13.1. The van der Waals surface area contributed by atoms with Crippen LogP contribution in [0.4, 0.5) is 27.4 Å². The number of halogens is 2. The van der Waals surface area contributed by atoms with Gasteiger partial charge in [-0.2, -0.15) is 10.2 Å². The molecule has 4 rings (SSSR count). The van der Waals surface area contributed by atoms with Crippen LogP contribution < -0.4 is 11.5 Å². The number of benzene rings is 2. The minimum atomic E-state index is -0.301. The van der Waals surface area contributed by atoms with E-state index in [0.717, 1.165) is 16.8 Å². The van der Waals surface area contributed by atoms with Gasteiger partial charge in [0.1, 0.15) is 17.3 Å². The molecule has 30 heavy (non-hydrogen) atoms. The summed E-state index contributed by atoms with van der Waals surface area (Å²) in [4.78, 5) is 4.09. The van der Waals surface area contributed by atoms with Crippen LogP contribution in [-0.4, -0.2) is 14.8 Å². The predicted octanol–water partition coefficient (Wildman–Crippen LogP) is 5.23. The van der Waals surface area contributed by atoms with Gasteiger partial charge in [0, 0.05) is 17.6 Å². The van der Waals surface area contributed by atoms with Gasteiger partial charge in [-0.3, -0.25) is 0 Å². The lowest BCUT2D eigenvalue weighted by Crippen LogP contribution is -2.00. The van der Waals surface area contributed by atoms with Crippen molar-refractivity contribution in [3.8, 4) is 5.69 Å². The summed E-state index contributed by atoms with van der Waals surface area (Å²) in [5.41, 5.74) is 15.4. The van der Waals surface area contributed by atoms with Crippen LogP contribution in [-0.2, 0) is 6.42 Å². The molecule has 0 saturated carbocycles. The van der Waals surface area contributed by atoms with Crippen molar-refractivity contribution in [2.24, 2.45) is 10.2 Å². The molecule has 0 atom stereocenters. The van der Waals surface area contributed by atoms with E-state index < -0.39 is 0 Å². The first-order valence-corrected chi connectivity index (χ1v) is 9.37. The second-order valence-electron chi connectivity index (χ2n) is 6.56. The average Bonchev–Trinajstić information content (AvgIpc) is 3.17. The zero-order valence-electron chi connectivity index (χ0n) is 15.7. The maximum Gasteiger partial charge on any atom is 0.154 e. The Morgan fingerprint density at radius 3 is 2.47 bits per heavy atom. The largest absolute Gasteiger partial charge is 0.384 e. The number of rotatable bonds is 5. The quantitative estimate of drug-likeness (QED) is 0.430. The van der Waals surface area contributed by atoms with Crippen LogP contribution in [0.3, 0.4) is 0 Å². The molecule has 0 unspecified atom stereocenters. The summed E-state index contributed by atoms with van der Waals surface area (Å²) in [6.45, 7) is 0. The molecule has 4 N–H and O–H groups in total. The molecule has 0 bridgehead atoms. The maximum absolute atomic E-state index is 13.1. The molecule has 0 aliphatic rings. The van der Waals surface area contributed by atoms with Crippen molar-refractivity contribution in [3.63, 3.8) is 0 Å². The lowest BCUT2D eigenvalue weighted by atomic mass is 10.1. The smallest absolute Gasteiger partial charge is 0.154 e. The number of pyridine rings is 1. The number of hydrogen-bond donors (Lipinski definition) is 2. The van der Waals surface area contributed by atoms with Crippen LogP contribution in [0.25, 0.3) is 5.69 Å². The number of anilines is 2. The highest BCUT2D eigenvalue weighted by Gasteiger charge is 2.12. The van der Waals surface area contributed by atoms with Crippen molar-refractivity contribution >= 4 is 34.6 Å². The summed E-state index contributed by atoms with van der Waals surface area (Å²) in [6.07, 6.45) is 4.03. The third-order valence-corrected chi connectivity index (χ3v) is 4.58. The van der Waals surface area contributed by atoms with Gasteiger partial charge < -0.3 is 11.5 Å². The average molecular weight is 422 g/mol. The summed E-state index contributed by atoms with van der Waals surface area (Å²) >= 11 is 5.90. The van der Waals surface area contributed by atoms with Gasteiger partial charge in [0.2, 0.25) is 0 Å². The van der Waals surface area contributed by atoms with Gasteiger partial charge in [0.25, 0.3) is 0 Å². The molecule has 0 fully saturated rings. The lowest BCUT2D eigenvalue weighted by molar-refractivity contribution is 0.627. The fourth-order valence-electron chi connectivity index (χ4n) is 2.91. The Labute approximate surface area is 176 Å². The van der Waals surface area contributed by atoms with E-state index in [0.29, 0.717) is 28.6 Å². The Bertz CT molecular complexity index is 1200. The van der Waals surface area contributed by atoms with Crippen LogP contribution in [0, 0.1) is 5.82 Å². The summed E-state index contributed by atoms with van der Waals surface area (Å²) in [5.74, 6) is 0.178.